The van der Waals surface area contributed by atoms with Crippen LogP contribution in [0.1, 0.15) is 103 Å². The summed E-state index contributed by atoms with van der Waals surface area (Å²) in [5.74, 6) is 7.58. The molecule has 62 heavy (non-hydrogen) atoms. The van der Waals surface area contributed by atoms with Gasteiger partial charge in [0.25, 0.3) is 23.5 Å². The van der Waals surface area contributed by atoms with Crippen LogP contribution in [-0.2, 0) is 36.4 Å². The number of amides is 1. The minimum absolute atomic E-state index is 0. The van der Waals surface area contributed by atoms with Crippen molar-refractivity contribution in [2.24, 2.45) is 46.3 Å². The summed E-state index contributed by atoms with van der Waals surface area (Å²) in [6, 6.07) is 0. The average molecular weight is 961 g/mol. The molecule has 3 unspecified atom stereocenters. The van der Waals surface area contributed by atoms with Crippen molar-refractivity contribution in [2.45, 2.75) is 122 Å². The monoisotopic (exact) mass is 960 g/mol. The molecule has 5 fully saturated rings. The average Bonchev–Trinajstić information content (AvgIpc) is 3.68. The molecular formula is C36H54N4Na3O16P3. The number of hydrogen-bond acceptors (Lipinski definition) is 17. The van der Waals surface area contributed by atoms with Crippen LogP contribution in [0, 0.1) is 58.2 Å². The second-order valence-electron chi connectivity index (χ2n) is 17.5. The Labute approximate surface area is 427 Å². The molecule has 16 atom stereocenters. The number of aliphatic hydroxyl groups excluding tert-OH is 3. The Morgan fingerprint density at radius 1 is 1.03 bits per heavy atom. The van der Waals surface area contributed by atoms with Gasteiger partial charge >= 0.3 is 94.4 Å². The van der Waals surface area contributed by atoms with Crippen LogP contribution in [0.25, 0.3) is 0 Å². The number of hydrogen-bond donors (Lipinski definition) is 6. The minimum Gasteiger partial charge on any atom is -0.756 e. The third-order valence-corrected chi connectivity index (χ3v) is 17.9. The van der Waals surface area contributed by atoms with E-state index in [-0.39, 0.29) is 154 Å². The van der Waals surface area contributed by atoms with Gasteiger partial charge in [0.15, 0.2) is 0 Å². The molecule has 5 aliphatic rings. The zero-order chi connectivity index (χ0) is 43.3. The van der Waals surface area contributed by atoms with Crippen molar-refractivity contribution in [3.05, 3.63) is 22.2 Å². The molecule has 332 valence electrons. The molecule has 20 nitrogen and oxygen atoms in total. The summed E-state index contributed by atoms with van der Waals surface area (Å²) < 4.78 is 51.6. The van der Waals surface area contributed by atoms with Gasteiger partial charge < -0.3 is 55.2 Å². The number of aromatic nitrogens is 2. The molecule has 4 aliphatic carbocycles. The topological polar surface area (TPSA) is 328 Å². The van der Waals surface area contributed by atoms with E-state index in [2.05, 4.69) is 56.1 Å². The summed E-state index contributed by atoms with van der Waals surface area (Å²) in [6.07, 6.45) is 4.98. The summed E-state index contributed by atoms with van der Waals surface area (Å²) in [6.45, 7) is 5.77. The van der Waals surface area contributed by atoms with Gasteiger partial charge in [-0.1, -0.05) is 32.6 Å². The molecule has 7 N–H and O–H groups in total. The van der Waals surface area contributed by atoms with Crippen LogP contribution in [0.4, 0.5) is 5.82 Å². The van der Waals surface area contributed by atoms with Crippen molar-refractivity contribution in [3.8, 4) is 11.8 Å². The second-order valence-corrected chi connectivity index (χ2v) is 21.8. The molecule has 0 spiro atoms. The number of nitrogens with zero attached hydrogens (tertiary/aromatic N) is 2. The van der Waals surface area contributed by atoms with Crippen molar-refractivity contribution in [1.82, 2.24) is 14.9 Å². The van der Waals surface area contributed by atoms with E-state index in [1.165, 1.54) is 6.20 Å². The van der Waals surface area contributed by atoms with E-state index in [1.807, 2.05) is 0 Å². The minimum atomic E-state index is -6.13. The van der Waals surface area contributed by atoms with Gasteiger partial charge in [0.05, 0.1) is 37.0 Å². The maximum atomic E-state index is 12.9. The smallest absolute Gasteiger partial charge is 0.756 e. The molecule has 2 heterocycles. The van der Waals surface area contributed by atoms with Crippen molar-refractivity contribution in [3.63, 3.8) is 0 Å². The number of nitrogens with one attached hydrogen (secondary N) is 1. The molecule has 26 heteroatoms. The first-order valence-electron chi connectivity index (χ1n) is 20.0. The molecule has 0 radical (unpaired) electrons. The number of rotatable bonds is 13. The van der Waals surface area contributed by atoms with Crippen LogP contribution < -0.4 is 120 Å². The third kappa shape index (κ3) is 13.2. The van der Waals surface area contributed by atoms with Crippen LogP contribution in [-0.4, -0.2) is 73.2 Å². The number of nitrogen functional groups attached to an aromatic ring is 1. The Bertz CT molecular complexity index is 2020. The number of nitrogens with two attached hydrogens (primary N) is 1. The van der Waals surface area contributed by atoms with Gasteiger partial charge in [0, 0.05) is 19.0 Å². The van der Waals surface area contributed by atoms with Crippen molar-refractivity contribution >= 4 is 35.2 Å². The molecule has 4 saturated carbocycles. The standard InChI is InChI=1S/C36H57N4O16P3.3Na/c1-20(25-9-10-26-24-8-7-22-15-23(41)12-13-35(22,2)27(24)16-30(43)36(25,26)3)6-11-31(44)38-14-4-5-21-18-40(34(45)39-33(21)37)32-17-28(42)29(54-32)19-53-58(49,50)56-59(51,52)55-57(46,47)48;;;/h18,20,22-30,32,41-43H,6-17,19H2,1-3H3,(H,38,44)(H,49,50)(H,51,52)(H2,37,39,45)(H2,46,47,48);;;/q;3*+1/p-3/t20-,22-,23-,24+,25-,26+,27+,28+,29-,30+,32-,35+,36-;;;/m1.../s1. The fraction of sp³-hybridized carbons (Fsp3) is 0.806. The van der Waals surface area contributed by atoms with Crippen LogP contribution in [0.5, 0.6) is 0 Å². The number of phosphoric acid groups is 3. The Morgan fingerprint density at radius 3 is 2.40 bits per heavy atom. The molecule has 0 aromatic carbocycles. The van der Waals surface area contributed by atoms with Gasteiger partial charge in [0.1, 0.15) is 18.1 Å². The predicted molar refractivity (Wildman–Crippen MR) is 202 cm³/mol. The van der Waals surface area contributed by atoms with Crippen molar-refractivity contribution < 1.29 is 160 Å². The first-order valence-corrected chi connectivity index (χ1v) is 24.4. The Hall–Kier alpha value is 0.960. The van der Waals surface area contributed by atoms with E-state index in [0.717, 1.165) is 55.9 Å². The number of anilines is 1. The maximum Gasteiger partial charge on any atom is 1.00 e. The first kappa shape index (κ1) is 57.3. The quantitative estimate of drug-likeness (QED) is 0.0608. The largest absolute Gasteiger partial charge is 1.00 e. The zero-order valence-corrected chi connectivity index (χ0v) is 44.8. The predicted octanol–water partition coefficient (Wildman–Crippen LogP) is -8.19. The van der Waals surface area contributed by atoms with E-state index >= 15 is 0 Å². The van der Waals surface area contributed by atoms with E-state index in [4.69, 9.17) is 15.4 Å². The van der Waals surface area contributed by atoms with Gasteiger partial charge in [-0.15, -0.1) is 0 Å². The van der Waals surface area contributed by atoms with Crippen molar-refractivity contribution in [1.29, 1.82) is 0 Å². The maximum absolute atomic E-state index is 12.9. The van der Waals surface area contributed by atoms with Gasteiger partial charge in [-0.25, -0.2) is 13.4 Å². The number of aliphatic hydroxyl groups is 3. The van der Waals surface area contributed by atoms with Crippen LogP contribution in [0.2, 0.25) is 0 Å². The van der Waals surface area contributed by atoms with Crippen LogP contribution >= 0.6 is 23.5 Å². The molecule has 1 amide bonds. The zero-order valence-electron chi connectivity index (χ0n) is 36.1. The summed E-state index contributed by atoms with van der Waals surface area (Å²) in [5, 5.41) is 35.4. The Morgan fingerprint density at radius 2 is 1.73 bits per heavy atom. The molecule has 1 saturated heterocycles. The van der Waals surface area contributed by atoms with Crippen LogP contribution in [0.15, 0.2) is 11.0 Å². The fourth-order valence-electron chi connectivity index (χ4n) is 11.4. The normalized spacial score (nSPS) is 37.0. The molecule has 6 rings (SSSR count). The van der Waals surface area contributed by atoms with E-state index in [1.54, 1.807) is 0 Å². The van der Waals surface area contributed by atoms with E-state index in [9.17, 15) is 53.3 Å². The Balaban J connectivity index is 0.00000341. The van der Waals surface area contributed by atoms with Crippen molar-refractivity contribution in [2.75, 3.05) is 18.9 Å². The summed E-state index contributed by atoms with van der Waals surface area (Å²) in [7, 11) is -17.9. The summed E-state index contributed by atoms with van der Waals surface area (Å²) >= 11 is 0. The van der Waals surface area contributed by atoms with Gasteiger partial charge in [-0.3, -0.25) is 23.1 Å². The number of carbonyl (C=O) groups is 1. The number of phosphoric ester groups is 1. The van der Waals surface area contributed by atoms with Gasteiger partial charge in [0.2, 0.25) is 5.91 Å². The molecule has 1 aromatic rings. The molecule has 1 aliphatic heterocycles. The molecular weight excluding hydrogens is 906 g/mol. The van der Waals surface area contributed by atoms with Crippen LogP contribution in [0.3, 0.4) is 0 Å². The SMILES string of the molecule is C[C@H](CCC(=O)NCC#Cc1cn([C@H]2C[C@H](O)[C@@H](COP(=O)([O-])OP(=O)([O-])OP(=O)([O-])O)O2)c(=O)nc1N)[C@H]1CC[C@H]2[C@@H]3CC[C@@H]4C[C@H](O)CC[C@]4(C)[C@H]3C[C@H](O)[C@]12C.[Na+].[Na+].[Na+]. The van der Waals surface area contributed by atoms with Gasteiger partial charge in [-0.2, -0.15) is 4.98 Å². The Kier molecular flexibility index (Phi) is 20.9. The first-order chi connectivity index (χ1) is 27.4. The third-order valence-electron chi connectivity index (χ3n) is 14.2. The molecule has 0 bridgehead atoms. The van der Waals surface area contributed by atoms with E-state index < -0.39 is 60.3 Å². The number of carbonyl (C=O) groups excluding carboxylic acids is 1. The molecule has 1 aromatic heterocycles. The summed E-state index contributed by atoms with van der Waals surface area (Å²) in [4.78, 5) is 71.8. The van der Waals surface area contributed by atoms with Gasteiger partial charge in [-0.05, 0) is 104 Å². The fourth-order valence-corrected chi connectivity index (χ4v) is 14.3. The van der Waals surface area contributed by atoms with E-state index in [0.29, 0.717) is 30.1 Å². The number of fused-ring (bicyclic) bond motifs is 5. The summed E-state index contributed by atoms with van der Waals surface area (Å²) in [5.41, 5.74) is 5.03. The number of ether oxygens (including phenoxy) is 1. The second kappa shape index (κ2) is 22.6.